The summed E-state index contributed by atoms with van der Waals surface area (Å²) >= 11 is 6.60. The number of carbonyl (C=O) groups is 1. The summed E-state index contributed by atoms with van der Waals surface area (Å²) in [5.74, 6) is 0.870. The lowest BCUT2D eigenvalue weighted by Gasteiger charge is -2.10. The van der Waals surface area contributed by atoms with Crippen LogP contribution < -0.4 is 9.47 Å². The number of aromatic carboxylic acids is 1. The molecule has 2 rings (SSSR count). The molecule has 0 unspecified atom stereocenters. The highest BCUT2D eigenvalue weighted by Gasteiger charge is 2.10. The maximum Gasteiger partial charge on any atom is 0.336 e. The Hall–Kier alpha value is -1.53. The fraction of sp³-hybridized carbons (Fsp3) is 0.0714. The van der Waals surface area contributed by atoms with E-state index in [1.807, 2.05) is 0 Å². The van der Waals surface area contributed by atoms with Crippen molar-refractivity contribution in [3.8, 4) is 17.2 Å². The summed E-state index contributed by atoms with van der Waals surface area (Å²) in [5, 5.41) is 8.96. The number of ether oxygens (including phenoxy) is 2. The molecular formula is C14H10Br2O4. The van der Waals surface area contributed by atoms with Crippen molar-refractivity contribution < 1.29 is 19.4 Å². The SMILES string of the molecule is COc1ccc(Oc2ccc(C(=O)O)c(Br)c2)c(Br)c1. The van der Waals surface area contributed by atoms with E-state index >= 15 is 0 Å². The summed E-state index contributed by atoms with van der Waals surface area (Å²) < 4.78 is 12.0. The quantitative estimate of drug-likeness (QED) is 0.805. The Kier molecular flexibility index (Phi) is 4.67. The minimum absolute atomic E-state index is 0.186. The standard InChI is InChI=1S/C14H10Br2O4/c1-19-8-3-5-13(12(16)6-8)20-9-2-4-10(14(17)18)11(15)7-9/h2-7H,1H3,(H,17,18). The largest absolute Gasteiger partial charge is 0.497 e. The van der Waals surface area contributed by atoms with Crippen LogP contribution in [-0.4, -0.2) is 18.2 Å². The van der Waals surface area contributed by atoms with Crippen LogP contribution in [0.4, 0.5) is 0 Å². The first-order valence-corrected chi connectivity index (χ1v) is 7.14. The summed E-state index contributed by atoms with van der Waals surface area (Å²) in [7, 11) is 1.59. The molecule has 6 heteroatoms. The predicted octanol–water partition coefficient (Wildman–Crippen LogP) is 4.71. The zero-order valence-electron chi connectivity index (χ0n) is 10.4. The van der Waals surface area contributed by atoms with E-state index in [0.717, 1.165) is 4.47 Å². The van der Waals surface area contributed by atoms with Crippen LogP contribution in [0.15, 0.2) is 45.3 Å². The van der Waals surface area contributed by atoms with Gasteiger partial charge in [-0.15, -0.1) is 0 Å². The summed E-state index contributed by atoms with van der Waals surface area (Å²) in [6, 6.07) is 10.0. The average molecular weight is 402 g/mol. The lowest BCUT2D eigenvalue weighted by Crippen LogP contribution is -1.97. The molecule has 0 amide bonds. The normalized spacial score (nSPS) is 10.2. The van der Waals surface area contributed by atoms with Gasteiger partial charge >= 0.3 is 5.97 Å². The van der Waals surface area contributed by atoms with Gasteiger partial charge in [0, 0.05) is 4.47 Å². The fourth-order valence-electron chi connectivity index (χ4n) is 1.55. The maximum absolute atomic E-state index is 10.9. The molecule has 2 aromatic carbocycles. The van der Waals surface area contributed by atoms with Crippen LogP contribution in [0.5, 0.6) is 17.2 Å². The molecule has 0 aromatic heterocycles. The molecule has 0 spiro atoms. The van der Waals surface area contributed by atoms with Gasteiger partial charge in [-0.25, -0.2) is 4.79 Å². The summed E-state index contributed by atoms with van der Waals surface area (Å²) in [4.78, 5) is 10.9. The topological polar surface area (TPSA) is 55.8 Å². The fourth-order valence-corrected chi connectivity index (χ4v) is 2.52. The van der Waals surface area contributed by atoms with Crippen LogP contribution in [0.1, 0.15) is 10.4 Å². The highest BCUT2D eigenvalue weighted by Crippen LogP contribution is 2.34. The van der Waals surface area contributed by atoms with Crippen molar-refractivity contribution in [2.75, 3.05) is 7.11 Å². The third kappa shape index (κ3) is 3.32. The van der Waals surface area contributed by atoms with Gasteiger partial charge in [-0.1, -0.05) is 0 Å². The van der Waals surface area contributed by atoms with Crippen molar-refractivity contribution in [1.29, 1.82) is 0 Å². The van der Waals surface area contributed by atoms with E-state index in [4.69, 9.17) is 14.6 Å². The monoisotopic (exact) mass is 400 g/mol. The van der Waals surface area contributed by atoms with Gasteiger partial charge in [0.05, 0.1) is 17.1 Å². The number of benzene rings is 2. The highest BCUT2D eigenvalue weighted by molar-refractivity contribution is 9.10. The third-order valence-corrected chi connectivity index (χ3v) is 3.81. The minimum Gasteiger partial charge on any atom is -0.497 e. The van der Waals surface area contributed by atoms with Gasteiger partial charge in [-0.2, -0.15) is 0 Å². The van der Waals surface area contributed by atoms with Crippen LogP contribution in [0.2, 0.25) is 0 Å². The number of methoxy groups -OCH3 is 1. The molecule has 4 nitrogen and oxygen atoms in total. The number of hydrogen-bond donors (Lipinski definition) is 1. The second-order valence-corrected chi connectivity index (χ2v) is 5.55. The molecule has 0 atom stereocenters. The number of carboxylic acids is 1. The molecule has 104 valence electrons. The Morgan fingerprint density at radius 2 is 1.70 bits per heavy atom. The van der Waals surface area contributed by atoms with E-state index < -0.39 is 5.97 Å². The maximum atomic E-state index is 10.9. The molecule has 1 N–H and O–H groups in total. The highest BCUT2D eigenvalue weighted by atomic mass is 79.9. The van der Waals surface area contributed by atoms with Crippen molar-refractivity contribution >= 4 is 37.8 Å². The second-order valence-electron chi connectivity index (χ2n) is 3.85. The Labute approximate surface area is 132 Å². The zero-order valence-corrected chi connectivity index (χ0v) is 13.6. The predicted molar refractivity (Wildman–Crippen MR) is 81.9 cm³/mol. The Morgan fingerprint density at radius 1 is 1.05 bits per heavy atom. The first kappa shape index (κ1) is 14.9. The summed E-state index contributed by atoms with van der Waals surface area (Å²) in [6.07, 6.45) is 0. The Morgan fingerprint density at radius 3 is 2.25 bits per heavy atom. The van der Waals surface area contributed by atoms with Gasteiger partial charge in [0.15, 0.2) is 0 Å². The molecular weight excluding hydrogens is 392 g/mol. The van der Waals surface area contributed by atoms with Gasteiger partial charge < -0.3 is 14.6 Å². The number of rotatable bonds is 4. The van der Waals surface area contributed by atoms with Gasteiger partial charge in [0.1, 0.15) is 17.2 Å². The van der Waals surface area contributed by atoms with Crippen LogP contribution in [0.25, 0.3) is 0 Å². The van der Waals surface area contributed by atoms with Crippen molar-refractivity contribution in [3.63, 3.8) is 0 Å². The van der Waals surface area contributed by atoms with Crippen LogP contribution >= 0.6 is 31.9 Å². The molecule has 0 aliphatic heterocycles. The van der Waals surface area contributed by atoms with E-state index in [9.17, 15) is 4.79 Å². The van der Waals surface area contributed by atoms with Crippen molar-refractivity contribution in [2.24, 2.45) is 0 Å². The lowest BCUT2D eigenvalue weighted by molar-refractivity contribution is 0.0696. The van der Waals surface area contributed by atoms with Crippen LogP contribution in [0.3, 0.4) is 0 Å². The van der Waals surface area contributed by atoms with E-state index in [1.165, 1.54) is 6.07 Å². The van der Waals surface area contributed by atoms with Gasteiger partial charge in [-0.3, -0.25) is 0 Å². The molecule has 0 saturated carbocycles. The molecule has 0 aliphatic rings. The molecule has 20 heavy (non-hydrogen) atoms. The van der Waals surface area contributed by atoms with Crippen molar-refractivity contribution in [3.05, 3.63) is 50.9 Å². The molecule has 2 aromatic rings. The first-order chi connectivity index (χ1) is 9.51. The smallest absolute Gasteiger partial charge is 0.336 e. The molecule has 0 fully saturated rings. The molecule has 0 heterocycles. The van der Waals surface area contributed by atoms with Gasteiger partial charge in [0.25, 0.3) is 0 Å². The molecule has 0 aliphatic carbocycles. The van der Waals surface area contributed by atoms with Gasteiger partial charge in [-0.05, 0) is 68.3 Å². The molecule has 0 bridgehead atoms. The Balaban J connectivity index is 2.26. The first-order valence-electron chi connectivity index (χ1n) is 5.55. The summed E-state index contributed by atoms with van der Waals surface area (Å²) in [5.41, 5.74) is 0.186. The number of halogens is 2. The summed E-state index contributed by atoms with van der Waals surface area (Å²) in [6.45, 7) is 0. The average Bonchev–Trinajstić information content (AvgIpc) is 2.40. The van der Waals surface area contributed by atoms with Gasteiger partial charge in [0.2, 0.25) is 0 Å². The van der Waals surface area contributed by atoms with E-state index in [-0.39, 0.29) is 5.56 Å². The van der Waals surface area contributed by atoms with Crippen LogP contribution in [0, 0.1) is 0 Å². The third-order valence-electron chi connectivity index (χ3n) is 2.54. The van der Waals surface area contributed by atoms with E-state index in [2.05, 4.69) is 31.9 Å². The zero-order chi connectivity index (χ0) is 14.7. The second kappa shape index (κ2) is 6.28. The van der Waals surface area contributed by atoms with Crippen molar-refractivity contribution in [2.45, 2.75) is 0 Å². The van der Waals surface area contributed by atoms with E-state index in [0.29, 0.717) is 21.7 Å². The van der Waals surface area contributed by atoms with E-state index in [1.54, 1.807) is 37.4 Å². The lowest BCUT2D eigenvalue weighted by atomic mass is 10.2. The van der Waals surface area contributed by atoms with Crippen molar-refractivity contribution in [1.82, 2.24) is 0 Å². The number of hydrogen-bond acceptors (Lipinski definition) is 3. The molecule has 0 saturated heterocycles. The Bertz CT molecular complexity index is 656. The molecule has 0 radical (unpaired) electrons. The van der Waals surface area contributed by atoms with Crippen LogP contribution in [-0.2, 0) is 0 Å². The minimum atomic E-state index is -0.992. The number of carboxylic acid groups (broad SMARTS) is 1.